The Morgan fingerprint density at radius 1 is 1.13 bits per heavy atom. The lowest BCUT2D eigenvalue weighted by Gasteiger charge is -2.26. The van der Waals surface area contributed by atoms with Crippen LogP contribution in [0.15, 0.2) is 30.3 Å². The summed E-state index contributed by atoms with van der Waals surface area (Å²) in [7, 11) is -5.90. The molecule has 1 aliphatic rings. The van der Waals surface area contributed by atoms with E-state index in [0.717, 1.165) is 4.90 Å². The van der Waals surface area contributed by atoms with Gasteiger partial charge in [0.1, 0.15) is 18.2 Å². The molecule has 0 aliphatic carbocycles. The van der Waals surface area contributed by atoms with E-state index in [1.165, 1.54) is 0 Å². The summed E-state index contributed by atoms with van der Waals surface area (Å²) >= 11 is 0. The number of benzene rings is 1. The number of carbonyl (C=O) groups excluding carboxylic acids is 2. The molecule has 12 heteroatoms. The molecule has 8 nitrogen and oxygen atoms in total. The van der Waals surface area contributed by atoms with Crippen molar-refractivity contribution in [1.82, 2.24) is 4.90 Å². The first-order valence-corrected chi connectivity index (χ1v) is 10.3. The van der Waals surface area contributed by atoms with Gasteiger partial charge in [-0.15, -0.1) is 0 Å². The van der Waals surface area contributed by atoms with Gasteiger partial charge in [0.25, 0.3) is 0 Å². The topological polar surface area (TPSA) is 99.2 Å². The van der Waals surface area contributed by atoms with E-state index in [2.05, 4.69) is 4.18 Å². The molecule has 0 saturated carbocycles. The zero-order valence-corrected chi connectivity index (χ0v) is 17.3. The minimum absolute atomic E-state index is 0.149. The Kier molecular flexibility index (Phi) is 7.02. The molecular weight excluding hydrogens is 431 g/mol. The Morgan fingerprint density at radius 2 is 1.73 bits per heavy atom. The number of carbonyl (C=O) groups is 2. The standard InChI is InChI=1S/C18H22F3NO7S/c1-17(2,3)28-15(23)14-9-13(29-30(25,26)18(19,20)21)10-22(14)16(24)27-11-12-7-5-4-6-8-12/h4-8,13-14H,9-11H2,1-3H3/t13-,14+/m0/s1. The van der Waals surface area contributed by atoms with Crippen LogP contribution in [0.1, 0.15) is 32.8 Å². The van der Waals surface area contributed by atoms with Crippen LogP contribution < -0.4 is 0 Å². The van der Waals surface area contributed by atoms with Crippen LogP contribution in [0.3, 0.4) is 0 Å². The molecule has 0 spiro atoms. The summed E-state index contributed by atoms with van der Waals surface area (Å²) in [5.41, 5.74) is -5.92. The number of alkyl halides is 3. The van der Waals surface area contributed by atoms with Crippen molar-refractivity contribution in [2.24, 2.45) is 0 Å². The third kappa shape index (κ3) is 6.33. The molecule has 30 heavy (non-hydrogen) atoms. The molecule has 2 atom stereocenters. The molecule has 0 radical (unpaired) electrons. The molecule has 1 saturated heterocycles. The summed E-state index contributed by atoms with van der Waals surface area (Å²) in [5.74, 6) is -0.908. The molecule has 0 unspecified atom stereocenters. The van der Waals surface area contributed by atoms with Gasteiger partial charge in [0.15, 0.2) is 0 Å². The Balaban J connectivity index is 2.16. The molecular formula is C18H22F3NO7S. The predicted molar refractivity (Wildman–Crippen MR) is 97.4 cm³/mol. The number of esters is 1. The van der Waals surface area contributed by atoms with Gasteiger partial charge in [-0.05, 0) is 26.3 Å². The lowest BCUT2D eigenvalue weighted by molar-refractivity contribution is -0.159. The number of rotatable bonds is 5. The van der Waals surface area contributed by atoms with Crippen LogP contribution in [-0.4, -0.2) is 55.2 Å². The van der Waals surface area contributed by atoms with Gasteiger partial charge in [0, 0.05) is 6.42 Å². The van der Waals surface area contributed by atoms with Crippen molar-refractivity contribution in [1.29, 1.82) is 0 Å². The fourth-order valence-electron chi connectivity index (χ4n) is 2.70. The van der Waals surface area contributed by atoms with Crippen molar-refractivity contribution in [2.75, 3.05) is 6.54 Å². The van der Waals surface area contributed by atoms with E-state index in [-0.39, 0.29) is 6.61 Å². The predicted octanol–water partition coefficient (Wildman–Crippen LogP) is 2.97. The van der Waals surface area contributed by atoms with Crippen molar-refractivity contribution in [3.8, 4) is 0 Å². The van der Waals surface area contributed by atoms with Crippen molar-refractivity contribution in [3.63, 3.8) is 0 Å². The molecule has 0 N–H and O–H groups in total. The van der Waals surface area contributed by atoms with Crippen molar-refractivity contribution < 1.29 is 44.8 Å². The molecule has 1 aliphatic heterocycles. The van der Waals surface area contributed by atoms with Crippen LogP contribution in [0, 0.1) is 0 Å². The van der Waals surface area contributed by atoms with Gasteiger partial charge in [0.05, 0.1) is 12.6 Å². The van der Waals surface area contributed by atoms with Crippen LogP contribution >= 0.6 is 0 Å². The highest BCUT2D eigenvalue weighted by Gasteiger charge is 2.52. The van der Waals surface area contributed by atoms with E-state index >= 15 is 0 Å². The van der Waals surface area contributed by atoms with E-state index in [1.807, 2.05) is 0 Å². The maximum Gasteiger partial charge on any atom is 0.523 e. The molecule has 1 aromatic carbocycles. The highest BCUT2D eigenvalue weighted by Crippen LogP contribution is 2.31. The number of nitrogens with zero attached hydrogens (tertiary/aromatic N) is 1. The summed E-state index contributed by atoms with van der Waals surface area (Å²) in [5, 5.41) is 0. The molecule has 1 amide bonds. The number of hydrogen-bond donors (Lipinski definition) is 0. The number of halogens is 3. The summed E-state index contributed by atoms with van der Waals surface area (Å²) in [6, 6.07) is 7.20. The molecule has 0 bridgehead atoms. The fourth-order valence-corrected chi connectivity index (χ4v) is 3.30. The maximum absolute atomic E-state index is 12.6. The van der Waals surface area contributed by atoms with Crippen LogP contribution in [0.5, 0.6) is 0 Å². The monoisotopic (exact) mass is 453 g/mol. The summed E-state index contributed by atoms with van der Waals surface area (Å²) in [6.45, 7) is 3.97. The minimum Gasteiger partial charge on any atom is -0.458 e. The highest BCUT2D eigenvalue weighted by molar-refractivity contribution is 7.87. The lowest BCUT2D eigenvalue weighted by atomic mass is 10.1. The van der Waals surface area contributed by atoms with E-state index in [0.29, 0.717) is 5.56 Å². The SMILES string of the molecule is CC(C)(C)OC(=O)[C@H]1C[C@H](OS(=O)(=O)C(F)(F)F)CN1C(=O)OCc1ccccc1. The quantitative estimate of drug-likeness (QED) is 0.384. The molecule has 1 heterocycles. The number of amides is 1. The largest absolute Gasteiger partial charge is 0.523 e. The maximum atomic E-state index is 12.6. The summed E-state index contributed by atoms with van der Waals surface area (Å²) in [6.07, 6.45) is -3.09. The molecule has 2 rings (SSSR count). The average Bonchev–Trinajstić information content (AvgIpc) is 3.01. The average molecular weight is 453 g/mol. The fraction of sp³-hybridized carbons (Fsp3) is 0.556. The van der Waals surface area contributed by atoms with E-state index in [4.69, 9.17) is 9.47 Å². The van der Waals surface area contributed by atoms with Crippen LogP contribution in [0.2, 0.25) is 0 Å². The number of hydrogen-bond acceptors (Lipinski definition) is 7. The van der Waals surface area contributed by atoms with Crippen molar-refractivity contribution >= 4 is 22.2 Å². The summed E-state index contributed by atoms with van der Waals surface area (Å²) in [4.78, 5) is 25.7. The first-order chi connectivity index (χ1) is 13.7. The Bertz CT molecular complexity index is 866. The summed E-state index contributed by atoms with van der Waals surface area (Å²) < 4.78 is 75.0. The van der Waals surface area contributed by atoms with E-state index < -0.39 is 58.4 Å². The van der Waals surface area contributed by atoms with Crippen molar-refractivity contribution in [2.45, 2.75) is 57.1 Å². The smallest absolute Gasteiger partial charge is 0.458 e. The molecule has 0 aromatic heterocycles. The first-order valence-electron chi connectivity index (χ1n) is 8.89. The lowest BCUT2D eigenvalue weighted by Crippen LogP contribution is -2.43. The normalized spacial score (nSPS) is 20.1. The van der Waals surface area contributed by atoms with Gasteiger partial charge in [0.2, 0.25) is 0 Å². The number of likely N-dealkylation sites (tertiary alicyclic amines) is 1. The van der Waals surface area contributed by atoms with Crippen LogP contribution in [0.25, 0.3) is 0 Å². The van der Waals surface area contributed by atoms with Gasteiger partial charge in [-0.3, -0.25) is 9.08 Å². The first kappa shape index (κ1) is 23.9. The van der Waals surface area contributed by atoms with Gasteiger partial charge in [-0.2, -0.15) is 21.6 Å². The van der Waals surface area contributed by atoms with Crippen LogP contribution in [0.4, 0.5) is 18.0 Å². The molecule has 1 fully saturated rings. The zero-order chi connectivity index (χ0) is 22.7. The second-order valence-electron chi connectivity index (χ2n) is 7.60. The van der Waals surface area contributed by atoms with Crippen LogP contribution in [-0.2, 0) is 35.2 Å². The molecule has 168 valence electrons. The second-order valence-corrected chi connectivity index (χ2v) is 9.16. The Morgan fingerprint density at radius 3 is 2.27 bits per heavy atom. The second kappa shape index (κ2) is 8.80. The minimum atomic E-state index is -5.90. The third-order valence-electron chi connectivity index (χ3n) is 3.93. The van der Waals surface area contributed by atoms with Gasteiger partial charge in [-0.25, -0.2) is 9.59 Å². The Hall–Kier alpha value is -2.34. The van der Waals surface area contributed by atoms with E-state index in [1.54, 1.807) is 51.1 Å². The van der Waals surface area contributed by atoms with Gasteiger partial charge in [-0.1, -0.05) is 30.3 Å². The van der Waals surface area contributed by atoms with Gasteiger partial charge < -0.3 is 9.47 Å². The highest BCUT2D eigenvalue weighted by atomic mass is 32.2. The number of ether oxygens (including phenoxy) is 2. The Labute approximate surface area is 172 Å². The molecule has 1 aromatic rings. The van der Waals surface area contributed by atoms with E-state index in [9.17, 15) is 31.2 Å². The third-order valence-corrected chi connectivity index (χ3v) is 5.02. The van der Waals surface area contributed by atoms with Gasteiger partial charge >= 0.3 is 27.7 Å². The zero-order valence-electron chi connectivity index (χ0n) is 16.5. The van der Waals surface area contributed by atoms with Crippen molar-refractivity contribution in [3.05, 3.63) is 35.9 Å².